The van der Waals surface area contributed by atoms with E-state index in [1.807, 2.05) is 14.1 Å². The summed E-state index contributed by atoms with van der Waals surface area (Å²) in [5.74, 6) is -0.825. The van der Waals surface area contributed by atoms with Crippen molar-refractivity contribution in [2.45, 2.75) is 25.3 Å². The Kier molecular flexibility index (Phi) is 5.40. The number of nitrogens with zero attached hydrogens (tertiary/aromatic N) is 2. The maximum atomic E-state index is 11.8. The highest BCUT2D eigenvalue weighted by Crippen LogP contribution is 2.32. The number of carboxylic acids is 1. The highest BCUT2D eigenvalue weighted by molar-refractivity contribution is 5.83. The van der Waals surface area contributed by atoms with Crippen LogP contribution in [0.3, 0.4) is 0 Å². The van der Waals surface area contributed by atoms with E-state index in [1.165, 1.54) is 0 Å². The fourth-order valence-corrected chi connectivity index (χ4v) is 1.78. The Morgan fingerprint density at radius 2 is 1.89 bits per heavy atom. The summed E-state index contributed by atoms with van der Waals surface area (Å²) in [4.78, 5) is 26.4. The third-order valence-electron chi connectivity index (χ3n) is 3.08. The van der Waals surface area contributed by atoms with E-state index in [0.717, 1.165) is 25.8 Å². The SMILES string of the molecule is CN(C)CCCN(C)C(=O)NC(C(=O)O)C1CC1. The zero-order chi connectivity index (χ0) is 13.7. The van der Waals surface area contributed by atoms with Crippen LogP contribution in [0, 0.1) is 5.92 Å². The van der Waals surface area contributed by atoms with Gasteiger partial charge >= 0.3 is 12.0 Å². The monoisotopic (exact) mass is 257 g/mol. The van der Waals surface area contributed by atoms with Gasteiger partial charge in [0.1, 0.15) is 6.04 Å². The Labute approximate surface area is 108 Å². The fourth-order valence-electron chi connectivity index (χ4n) is 1.78. The first kappa shape index (κ1) is 14.8. The van der Waals surface area contributed by atoms with Gasteiger partial charge in [-0.05, 0) is 45.8 Å². The van der Waals surface area contributed by atoms with E-state index in [1.54, 1.807) is 11.9 Å². The van der Waals surface area contributed by atoms with Crippen LogP contribution in [0.1, 0.15) is 19.3 Å². The maximum Gasteiger partial charge on any atom is 0.326 e. The van der Waals surface area contributed by atoms with Crippen molar-refractivity contribution in [2.75, 3.05) is 34.2 Å². The van der Waals surface area contributed by atoms with Gasteiger partial charge in [-0.25, -0.2) is 9.59 Å². The molecule has 18 heavy (non-hydrogen) atoms. The molecule has 104 valence electrons. The summed E-state index contributed by atoms with van der Waals surface area (Å²) in [6, 6.07) is -1.03. The number of rotatable bonds is 7. The second kappa shape index (κ2) is 6.58. The molecule has 1 aliphatic rings. The van der Waals surface area contributed by atoms with Crippen LogP contribution in [0.5, 0.6) is 0 Å². The average Bonchev–Trinajstić information content (AvgIpc) is 3.08. The van der Waals surface area contributed by atoms with Gasteiger partial charge in [-0.1, -0.05) is 0 Å². The topological polar surface area (TPSA) is 72.9 Å². The molecule has 0 aromatic carbocycles. The Morgan fingerprint density at radius 1 is 1.28 bits per heavy atom. The molecule has 0 aromatic rings. The van der Waals surface area contributed by atoms with Crippen molar-refractivity contribution >= 4 is 12.0 Å². The number of carbonyl (C=O) groups excluding carboxylic acids is 1. The first-order valence-electron chi connectivity index (χ1n) is 6.31. The van der Waals surface area contributed by atoms with Crippen molar-refractivity contribution in [1.29, 1.82) is 0 Å². The van der Waals surface area contributed by atoms with Crippen molar-refractivity contribution in [3.63, 3.8) is 0 Å². The van der Waals surface area contributed by atoms with Crippen molar-refractivity contribution in [1.82, 2.24) is 15.1 Å². The number of urea groups is 1. The lowest BCUT2D eigenvalue weighted by molar-refractivity contribution is -0.139. The van der Waals surface area contributed by atoms with Gasteiger partial charge in [-0.3, -0.25) is 0 Å². The number of carbonyl (C=O) groups is 2. The van der Waals surface area contributed by atoms with Crippen LogP contribution in [0.25, 0.3) is 0 Å². The van der Waals surface area contributed by atoms with Crippen LogP contribution in [0.15, 0.2) is 0 Å². The molecule has 1 fully saturated rings. The van der Waals surface area contributed by atoms with Crippen molar-refractivity contribution in [3.8, 4) is 0 Å². The predicted molar refractivity (Wildman–Crippen MR) is 68.5 cm³/mol. The normalized spacial score (nSPS) is 16.4. The number of hydrogen-bond acceptors (Lipinski definition) is 3. The standard InChI is InChI=1S/C12H23N3O3/c1-14(2)7-4-8-15(3)12(18)13-10(11(16)17)9-5-6-9/h9-10H,4-8H2,1-3H3,(H,13,18)(H,16,17). The van der Waals surface area contributed by atoms with Gasteiger partial charge in [-0.2, -0.15) is 0 Å². The fraction of sp³-hybridized carbons (Fsp3) is 0.833. The zero-order valence-electron chi connectivity index (χ0n) is 11.3. The summed E-state index contributed by atoms with van der Waals surface area (Å²) in [6.45, 7) is 1.53. The minimum atomic E-state index is -0.937. The molecule has 1 atom stereocenters. The third-order valence-corrected chi connectivity index (χ3v) is 3.08. The van der Waals surface area contributed by atoms with Crippen molar-refractivity contribution in [3.05, 3.63) is 0 Å². The highest BCUT2D eigenvalue weighted by atomic mass is 16.4. The van der Waals surface area contributed by atoms with E-state index in [2.05, 4.69) is 10.2 Å². The molecule has 1 aliphatic carbocycles. The van der Waals surface area contributed by atoms with Crippen LogP contribution in [0.4, 0.5) is 4.79 Å². The molecule has 0 saturated heterocycles. The second-order valence-corrected chi connectivity index (χ2v) is 5.18. The first-order chi connectivity index (χ1) is 8.41. The lowest BCUT2D eigenvalue weighted by Crippen LogP contribution is -2.48. The Hall–Kier alpha value is -1.30. The summed E-state index contributed by atoms with van der Waals surface area (Å²) in [5, 5.41) is 11.6. The second-order valence-electron chi connectivity index (χ2n) is 5.18. The van der Waals surface area contributed by atoms with Crippen molar-refractivity contribution in [2.24, 2.45) is 5.92 Å². The van der Waals surface area contributed by atoms with E-state index in [4.69, 9.17) is 5.11 Å². The molecule has 2 amide bonds. The predicted octanol–water partition coefficient (Wildman–Crippen LogP) is 0.443. The van der Waals surface area contributed by atoms with Crippen LogP contribution < -0.4 is 5.32 Å². The van der Waals surface area contributed by atoms with E-state index in [9.17, 15) is 9.59 Å². The Bertz CT molecular complexity index is 303. The van der Waals surface area contributed by atoms with Gasteiger partial charge in [0.25, 0.3) is 0 Å². The first-order valence-corrected chi connectivity index (χ1v) is 6.31. The van der Waals surface area contributed by atoms with Gasteiger partial charge in [0.05, 0.1) is 0 Å². The largest absolute Gasteiger partial charge is 0.480 e. The number of aliphatic carboxylic acids is 1. The van der Waals surface area contributed by atoms with Crippen molar-refractivity contribution < 1.29 is 14.7 Å². The molecule has 6 nitrogen and oxygen atoms in total. The molecule has 1 saturated carbocycles. The Morgan fingerprint density at radius 3 is 2.33 bits per heavy atom. The van der Waals surface area contributed by atoms with E-state index in [-0.39, 0.29) is 11.9 Å². The highest BCUT2D eigenvalue weighted by Gasteiger charge is 2.37. The lowest BCUT2D eigenvalue weighted by Gasteiger charge is -2.22. The summed E-state index contributed by atoms with van der Waals surface area (Å²) >= 11 is 0. The molecule has 2 N–H and O–H groups in total. The molecule has 0 aliphatic heterocycles. The van der Waals surface area contributed by atoms with E-state index in [0.29, 0.717) is 6.54 Å². The molecule has 0 spiro atoms. The van der Waals surface area contributed by atoms with Gasteiger partial charge in [0, 0.05) is 13.6 Å². The molecular formula is C12H23N3O3. The van der Waals surface area contributed by atoms with Gasteiger partial charge < -0.3 is 20.2 Å². The molecule has 0 radical (unpaired) electrons. The molecule has 1 rings (SSSR count). The summed E-state index contributed by atoms with van der Waals surface area (Å²) in [7, 11) is 5.65. The van der Waals surface area contributed by atoms with Crippen LogP contribution >= 0.6 is 0 Å². The zero-order valence-corrected chi connectivity index (χ0v) is 11.3. The van der Waals surface area contributed by atoms with Gasteiger partial charge in [0.2, 0.25) is 0 Å². The van der Waals surface area contributed by atoms with Crippen LogP contribution in [-0.2, 0) is 4.79 Å². The number of hydrogen-bond donors (Lipinski definition) is 2. The third kappa shape index (κ3) is 4.91. The molecule has 6 heteroatoms. The summed E-state index contributed by atoms with van der Waals surface area (Å²) in [6.07, 6.45) is 2.65. The maximum absolute atomic E-state index is 11.8. The number of carboxylic acid groups (broad SMARTS) is 1. The summed E-state index contributed by atoms with van der Waals surface area (Å²) in [5.41, 5.74) is 0. The van der Waals surface area contributed by atoms with E-state index >= 15 is 0 Å². The number of nitrogens with one attached hydrogen (secondary N) is 1. The minimum absolute atomic E-state index is 0.113. The average molecular weight is 257 g/mol. The minimum Gasteiger partial charge on any atom is -0.480 e. The molecule has 0 heterocycles. The summed E-state index contributed by atoms with van der Waals surface area (Å²) < 4.78 is 0. The smallest absolute Gasteiger partial charge is 0.326 e. The van der Waals surface area contributed by atoms with Gasteiger partial charge in [0.15, 0.2) is 0 Å². The van der Waals surface area contributed by atoms with Crippen LogP contribution in [-0.4, -0.2) is 67.2 Å². The molecular weight excluding hydrogens is 234 g/mol. The lowest BCUT2D eigenvalue weighted by atomic mass is 10.2. The molecule has 1 unspecified atom stereocenters. The molecule has 0 bridgehead atoms. The van der Waals surface area contributed by atoms with Crippen LogP contribution in [0.2, 0.25) is 0 Å². The molecule has 0 aromatic heterocycles. The van der Waals surface area contributed by atoms with Gasteiger partial charge in [-0.15, -0.1) is 0 Å². The Balaban J connectivity index is 2.31. The number of amides is 2. The van der Waals surface area contributed by atoms with E-state index < -0.39 is 12.0 Å². The quantitative estimate of drug-likeness (QED) is 0.694.